The number of carbonyl (C=O) groups is 2. The van der Waals surface area contributed by atoms with Crippen molar-refractivity contribution < 1.29 is 23.1 Å². The summed E-state index contributed by atoms with van der Waals surface area (Å²) in [6, 6.07) is 5.79. The molecule has 0 radical (unpaired) electrons. The van der Waals surface area contributed by atoms with Crippen molar-refractivity contribution in [3.8, 4) is 0 Å². The molecule has 108 valence electrons. The molecule has 1 unspecified atom stereocenters. The molecule has 2 N–H and O–H groups in total. The molecule has 2 amide bonds. The number of nitrogens with one attached hydrogen (secondary N) is 1. The quantitative estimate of drug-likeness (QED) is 0.724. The van der Waals surface area contributed by atoms with Gasteiger partial charge >= 0.3 is 0 Å². The van der Waals surface area contributed by atoms with Crippen molar-refractivity contribution in [2.75, 3.05) is 13.1 Å². The second-order valence-corrected chi connectivity index (χ2v) is 6.43. The van der Waals surface area contributed by atoms with Gasteiger partial charge in [0.1, 0.15) is 0 Å². The smallest absolute Gasteiger partial charge is 0.244 e. The minimum Gasteiger partial charge on any atom is -0.389 e. The van der Waals surface area contributed by atoms with Crippen LogP contribution in [0.5, 0.6) is 0 Å². The van der Waals surface area contributed by atoms with E-state index in [2.05, 4.69) is 0 Å². The van der Waals surface area contributed by atoms with Crippen molar-refractivity contribution in [1.29, 1.82) is 0 Å². The minimum atomic E-state index is -3.94. The van der Waals surface area contributed by atoms with Crippen LogP contribution in [0.15, 0.2) is 29.2 Å². The second-order valence-electron chi connectivity index (χ2n) is 4.49. The Hall–Kier alpha value is -1.77. The second kappa shape index (κ2) is 5.31. The van der Waals surface area contributed by atoms with Gasteiger partial charge < -0.3 is 5.11 Å². The average molecular weight is 298 g/mol. The van der Waals surface area contributed by atoms with Gasteiger partial charge in [0, 0.05) is 0 Å². The van der Waals surface area contributed by atoms with Gasteiger partial charge in [-0.25, -0.2) is 8.42 Å². The lowest BCUT2D eigenvalue weighted by molar-refractivity contribution is -0.134. The van der Waals surface area contributed by atoms with Crippen molar-refractivity contribution in [1.82, 2.24) is 9.62 Å². The molecule has 2 rings (SSSR count). The first-order valence-electron chi connectivity index (χ1n) is 5.91. The normalized spacial score (nSPS) is 18.7. The van der Waals surface area contributed by atoms with Crippen LogP contribution in [-0.4, -0.2) is 42.7 Å². The SMILES string of the molecule is CC(O)c1cccc(S(=O)(=O)N2CC(=O)NC(=O)C2)c1. The van der Waals surface area contributed by atoms with E-state index in [1.54, 1.807) is 6.07 Å². The number of aliphatic hydroxyl groups is 1. The van der Waals surface area contributed by atoms with Gasteiger partial charge in [0.05, 0.1) is 24.1 Å². The number of piperazine rings is 1. The Balaban J connectivity index is 2.37. The van der Waals surface area contributed by atoms with Gasteiger partial charge in [-0.15, -0.1) is 0 Å². The van der Waals surface area contributed by atoms with Gasteiger partial charge in [-0.3, -0.25) is 14.9 Å². The minimum absolute atomic E-state index is 0.0570. The van der Waals surface area contributed by atoms with Crippen LogP contribution in [0.3, 0.4) is 0 Å². The molecule has 1 aliphatic rings. The first-order valence-corrected chi connectivity index (χ1v) is 7.35. The number of hydrogen-bond acceptors (Lipinski definition) is 5. The van der Waals surface area contributed by atoms with Gasteiger partial charge in [0.15, 0.2) is 0 Å². The Bertz CT molecular complexity index is 638. The summed E-state index contributed by atoms with van der Waals surface area (Å²) >= 11 is 0. The maximum Gasteiger partial charge on any atom is 0.244 e. The summed E-state index contributed by atoms with van der Waals surface area (Å²) in [6.45, 7) is 0.726. The van der Waals surface area contributed by atoms with Gasteiger partial charge in [-0.05, 0) is 24.6 Å². The molecular formula is C12H14N2O5S. The first-order chi connectivity index (χ1) is 9.30. The van der Waals surface area contributed by atoms with Crippen LogP contribution < -0.4 is 5.32 Å². The molecule has 1 atom stereocenters. The summed E-state index contributed by atoms with van der Waals surface area (Å²) in [4.78, 5) is 22.5. The summed E-state index contributed by atoms with van der Waals surface area (Å²) in [5.74, 6) is -1.31. The summed E-state index contributed by atoms with van der Waals surface area (Å²) in [5.41, 5.74) is 0.443. The maximum atomic E-state index is 12.4. The van der Waals surface area contributed by atoms with Crippen LogP contribution in [0.4, 0.5) is 0 Å². The fraction of sp³-hybridized carbons (Fsp3) is 0.333. The molecule has 1 aromatic carbocycles. The molecule has 1 fully saturated rings. The zero-order chi connectivity index (χ0) is 14.9. The number of rotatable bonds is 3. The number of amides is 2. The number of sulfonamides is 1. The molecule has 1 aromatic rings. The molecule has 1 heterocycles. The summed E-state index contributed by atoms with van der Waals surface area (Å²) < 4.78 is 25.5. The fourth-order valence-corrected chi connectivity index (χ4v) is 3.27. The summed E-state index contributed by atoms with van der Waals surface area (Å²) in [7, 11) is -3.94. The molecule has 0 spiro atoms. The zero-order valence-electron chi connectivity index (χ0n) is 10.7. The Kier molecular flexibility index (Phi) is 3.89. The Morgan fingerprint density at radius 3 is 2.40 bits per heavy atom. The van der Waals surface area contributed by atoms with E-state index in [1.807, 2.05) is 5.32 Å². The number of benzene rings is 1. The summed E-state index contributed by atoms with van der Waals surface area (Å²) in [6.07, 6.45) is -0.809. The zero-order valence-corrected chi connectivity index (χ0v) is 11.6. The van der Waals surface area contributed by atoms with Crippen molar-refractivity contribution in [2.45, 2.75) is 17.9 Å². The van der Waals surface area contributed by atoms with E-state index in [0.29, 0.717) is 5.56 Å². The number of nitrogens with zero attached hydrogens (tertiary/aromatic N) is 1. The molecule has 8 heteroatoms. The monoisotopic (exact) mass is 298 g/mol. The van der Waals surface area contributed by atoms with Crippen LogP contribution in [0, 0.1) is 0 Å². The van der Waals surface area contributed by atoms with Crippen LogP contribution in [0.25, 0.3) is 0 Å². The van der Waals surface area contributed by atoms with Crippen LogP contribution in [0.1, 0.15) is 18.6 Å². The van der Waals surface area contributed by atoms with E-state index in [0.717, 1.165) is 4.31 Å². The highest BCUT2D eigenvalue weighted by Crippen LogP contribution is 2.21. The van der Waals surface area contributed by atoms with Crippen LogP contribution >= 0.6 is 0 Å². The predicted octanol–water partition coefficient (Wildman–Crippen LogP) is -0.613. The van der Waals surface area contributed by atoms with Crippen molar-refractivity contribution in [3.05, 3.63) is 29.8 Å². The van der Waals surface area contributed by atoms with E-state index in [4.69, 9.17) is 0 Å². The number of hydrogen-bond donors (Lipinski definition) is 2. The van der Waals surface area contributed by atoms with E-state index in [1.165, 1.54) is 25.1 Å². The lowest BCUT2D eigenvalue weighted by atomic mass is 10.1. The van der Waals surface area contributed by atoms with Crippen molar-refractivity contribution in [2.24, 2.45) is 0 Å². The molecule has 0 saturated carbocycles. The topological polar surface area (TPSA) is 104 Å². The van der Waals surface area contributed by atoms with Crippen molar-refractivity contribution in [3.63, 3.8) is 0 Å². The van der Waals surface area contributed by atoms with Gasteiger partial charge in [-0.2, -0.15) is 4.31 Å². The van der Waals surface area contributed by atoms with Crippen LogP contribution in [0.2, 0.25) is 0 Å². The third kappa shape index (κ3) is 2.87. The highest BCUT2D eigenvalue weighted by atomic mass is 32.2. The fourth-order valence-electron chi connectivity index (χ4n) is 1.86. The van der Waals surface area contributed by atoms with Gasteiger partial charge in [0.2, 0.25) is 21.8 Å². The third-order valence-corrected chi connectivity index (χ3v) is 4.68. The Labute approximate surface area is 116 Å². The van der Waals surface area contributed by atoms with Crippen molar-refractivity contribution >= 4 is 21.8 Å². The van der Waals surface area contributed by atoms with E-state index in [9.17, 15) is 23.1 Å². The van der Waals surface area contributed by atoms with E-state index in [-0.39, 0.29) is 4.90 Å². The third-order valence-electron chi connectivity index (χ3n) is 2.90. The number of aliphatic hydroxyl groups excluding tert-OH is 1. The maximum absolute atomic E-state index is 12.4. The predicted molar refractivity (Wildman–Crippen MR) is 69.0 cm³/mol. The molecule has 20 heavy (non-hydrogen) atoms. The van der Waals surface area contributed by atoms with Gasteiger partial charge in [0.25, 0.3) is 0 Å². The lowest BCUT2D eigenvalue weighted by Gasteiger charge is -2.25. The number of imide groups is 1. The molecule has 1 aliphatic heterocycles. The number of carbonyl (C=O) groups excluding carboxylic acids is 2. The van der Waals surface area contributed by atoms with Crippen LogP contribution in [-0.2, 0) is 19.6 Å². The largest absolute Gasteiger partial charge is 0.389 e. The molecule has 0 aromatic heterocycles. The molecule has 1 saturated heterocycles. The Morgan fingerprint density at radius 2 is 1.85 bits per heavy atom. The summed E-state index contributed by atoms with van der Waals surface area (Å²) in [5, 5.41) is 11.5. The molecule has 7 nitrogen and oxygen atoms in total. The van der Waals surface area contributed by atoms with Gasteiger partial charge in [-0.1, -0.05) is 12.1 Å². The first kappa shape index (κ1) is 14.6. The standard InChI is InChI=1S/C12H14N2O5S/c1-8(15)9-3-2-4-10(5-9)20(18,19)14-6-11(16)13-12(17)7-14/h2-5,8,15H,6-7H2,1H3,(H,13,16,17). The molecule has 0 aliphatic carbocycles. The van der Waals surface area contributed by atoms with E-state index < -0.39 is 41.0 Å². The lowest BCUT2D eigenvalue weighted by Crippen LogP contribution is -2.53. The average Bonchev–Trinajstić information content (AvgIpc) is 2.37. The van der Waals surface area contributed by atoms with E-state index >= 15 is 0 Å². The molecule has 0 bridgehead atoms. The Morgan fingerprint density at radius 1 is 1.25 bits per heavy atom. The highest BCUT2D eigenvalue weighted by molar-refractivity contribution is 7.89. The highest BCUT2D eigenvalue weighted by Gasteiger charge is 2.33. The molecular weight excluding hydrogens is 284 g/mol.